The lowest BCUT2D eigenvalue weighted by atomic mass is 10.1. The fraction of sp³-hybridized carbons (Fsp3) is 0.188. The second kappa shape index (κ2) is 7.32. The zero-order valence-electron chi connectivity index (χ0n) is 13.3. The zero-order valence-corrected chi connectivity index (χ0v) is 14.2. The lowest BCUT2D eigenvalue weighted by Gasteiger charge is -2.08. The second-order valence-corrected chi connectivity index (χ2v) is 6.06. The first kappa shape index (κ1) is 16.9. The van der Waals surface area contributed by atoms with Gasteiger partial charge in [-0.25, -0.2) is 10.2 Å². The fourth-order valence-electron chi connectivity index (χ4n) is 2.33. The maximum Gasteiger partial charge on any atom is 0.414 e. The molecule has 1 aromatic carbocycles. The molecular formula is C16H16N4O4S. The average Bonchev–Trinajstić information content (AvgIpc) is 3.22. The largest absolute Gasteiger partial charge is 0.450 e. The Hall–Kier alpha value is -2.91. The molecular weight excluding hydrogens is 344 g/mol. The monoisotopic (exact) mass is 360 g/mol. The van der Waals surface area contributed by atoms with E-state index >= 15 is 0 Å². The molecule has 3 amide bonds. The van der Waals surface area contributed by atoms with E-state index in [1.54, 1.807) is 24.4 Å². The normalized spacial score (nSPS) is 12.0. The quantitative estimate of drug-likeness (QED) is 0.666. The molecule has 0 fully saturated rings. The van der Waals surface area contributed by atoms with E-state index in [0.29, 0.717) is 17.1 Å². The van der Waals surface area contributed by atoms with Gasteiger partial charge in [0.1, 0.15) is 5.00 Å². The number of benzene rings is 1. The lowest BCUT2D eigenvalue weighted by molar-refractivity contribution is 0.0926. The number of fused-ring (bicyclic) bond motifs is 1. The summed E-state index contributed by atoms with van der Waals surface area (Å²) in [6.45, 7) is 2.43. The number of carbonyl (C=O) groups is 3. The Morgan fingerprint density at radius 3 is 2.88 bits per heavy atom. The van der Waals surface area contributed by atoms with E-state index in [9.17, 15) is 14.4 Å². The molecule has 0 atom stereocenters. The Bertz CT molecular complexity index is 833. The van der Waals surface area contributed by atoms with Gasteiger partial charge >= 0.3 is 6.09 Å². The molecule has 1 aliphatic rings. The van der Waals surface area contributed by atoms with Crippen molar-refractivity contribution >= 4 is 39.9 Å². The molecule has 8 nitrogen and oxygen atoms in total. The highest BCUT2D eigenvalue weighted by molar-refractivity contribution is 7.14. The van der Waals surface area contributed by atoms with Crippen LogP contribution in [0.4, 0.5) is 15.5 Å². The van der Waals surface area contributed by atoms with Crippen LogP contribution in [-0.4, -0.2) is 24.5 Å². The zero-order chi connectivity index (χ0) is 17.8. The third-order valence-corrected chi connectivity index (χ3v) is 4.33. The maximum atomic E-state index is 12.4. The van der Waals surface area contributed by atoms with Gasteiger partial charge in [0.2, 0.25) is 0 Å². The van der Waals surface area contributed by atoms with Gasteiger partial charge in [0.25, 0.3) is 11.8 Å². The molecule has 4 N–H and O–H groups in total. The van der Waals surface area contributed by atoms with Gasteiger partial charge in [0, 0.05) is 12.1 Å². The van der Waals surface area contributed by atoms with E-state index in [2.05, 4.69) is 26.2 Å². The number of alkyl carbamates (subject to hydrolysis) is 1. The Kier molecular flexibility index (Phi) is 4.96. The number of thiophene rings is 1. The number of hydrazine groups is 1. The van der Waals surface area contributed by atoms with Crippen molar-refractivity contribution < 1.29 is 19.1 Å². The molecule has 9 heteroatoms. The molecule has 0 bridgehead atoms. The number of hydrogen-bond donors (Lipinski definition) is 4. The summed E-state index contributed by atoms with van der Waals surface area (Å²) < 4.78 is 4.68. The summed E-state index contributed by atoms with van der Waals surface area (Å²) in [6, 6.07) is 6.82. The summed E-state index contributed by atoms with van der Waals surface area (Å²) in [5.41, 5.74) is 8.57. The second-order valence-electron chi connectivity index (χ2n) is 5.14. The van der Waals surface area contributed by atoms with Crippen LogP contribution in [0.25, 0.3) is 0 Å². The molecule has 0 unspecified atom stereocenters. The van der Waals surface area contributed by atoms with E-state index in [-0.39, 0.29) is 18.1 Å². The predicted octanol–water partition coefficient (Wildman–Crippen LogP) is 2.32. The minimum absolute atomic E-state index is 0.161. The number of imide groups is 1. The van der Waals surface area contributed by atoms with E-state index in [1.165, 1.54) is 17.4 Å². The van der Waals surface area contributed by atoms with Crippen LogP contribution >= 0.6 is 11.3 Å². The number of amides is 3. The van der Waals surface area contributed by atoms with Crippen LogP contribution in [0.2, 0.25) is 0 Å². The van der Waals surface area contributed by atoms with Crippen molar-refractivity contribution in [3.8, 4) is 0 Å². The summed E-state index contributed by atoms with van der Waals surface area (Å²) >= 11 is 1.20. The third kappa shape index (κ3) is 3.78. The first-order chi connectivity index (χ1) is 12.1. The Balaban J connectivity index is 1.71. The summed E-state index contributed by atoms with van der Waals surface area (Å²) in [7, 11) is 0. The first-order valence-electron chi connectivity index (χ1n) is 7.57. The van der Waals surface area contributed by atoms with Crippen LogP contribution < -0.4 is 21.5 Å². The Morgan fingerprint density at radius 2 is 2.08 bits per heavy atom. The standard InChI is InChI=1S/C16H16N4O4S/c1-2-24-16(23)19-14(22)11-5-6-25-15(11)18-13(21)9-3-4-12-10(7-9)8-17-20-12/h3-7,17,20H,2,8H2,1H3,(H,18,21)(H,19,22,23). The molecule has 25 heavy (non-hydrogen) atoms. The molecule has 0 aliphatic carbocycles. The van der Waals surface area contributed by atoms with Gasteiger partial charge in [-0.3, -0.25) is 14.9 Å². The van der Waals surface area contributed by atoms with Gasteiger partial charge in [0.05, 0.1) is 17.9 Å². The highest BCUT2D eigenvalue weighted by Gasteiger charge is 2.19. The van der Waals surface area contributed by atoms with E-state index in [0.717, 1.165) is 11.3 Å². The molecule has 2 heterocycles. The van der Waals surface area contributed by atoms with Gasteiger partial charge < -0.3 is 15.5 Å². The van der Waals surface area contributed by atoms with Crippen molar-refractivity contribution in [2.24, 2.45) is 0 Å². The average molecular weight is 360 g/mol. The molecule has 0 radical (unpaired) electrons. The van der Waals surface area contributed by atoms with Crippen LogP contribution in [0.15, 0.2) is 29.6 Å². The maximum absolute atomic E-state index is 12.4. The van der Waals surface area contributed by atoms with Gasteiger partial charge in [-0.15, -0.1) is 11.3 Å². The molecule has 3 rings (SSSR count). The molecule has 0 spiro atoms. The van der Waals surface area contributed by atoms with Crippen LogP contribution in [0.1, 0.15) is 33.2 Å². The highest BCUT2D eigenvalue weighted by Crippen LogP contribution is 2.25. The molecule has 130 valence electrons. The predicted molar refractivity (Wildman–Crippen MR) is 93.7 cm³/mol. The molecule has 1 aromatic heterocycles. The van der Waals surface area contributed by atoms with Crippen molar-refractivity contribution in [1.82, 2.24) is 10.7 Å². The van der Waals surface area contributed by atoms with E-state index in [1.807, 2.05) is 6.07 Å². The Morgan fingerprint density at radius 1 is 1.24 bits per heavy atom. The van der Waals surface area contributed by atoms with Gasteiger partial charge in [0.15, 0.2) is 0 Å². The van der Waals surface area contributed by atoms with Crippen molar-refractivity contribution in [2.75, 3.05) is 17.3 Å². The molecule has 1 aliphatic heterocycles. The molecule has 0 saturated heterocycles. The number of rotatable bonds is 4. The summed E-state index contributed by atoms with van der Waals surface area (Å²) in [4.78, 5) is 35.9. The number of hydrogen-bond acceptors (Lipinski definition) is 7. The third-order valence-electron chi connectivity index (χ3n) is 3.50. The molecule has 2 aromatic rings. The summed E-state index contributed by atoms with van der Waals surface area (Å²) in [5, 5.41) is 6.84. The number of ether oxygens (including phenoxy) is 1. The minimum Gasteiger partial charge on any atom is -0.450 e. The SMILES string of the molecule is CCOC(=O)NC(=O)c1ccsc1NC(=O)c1ccc2c(c1)CNN2. The van der Waals surface area contributed by atoms with Gasteiger partial charge in [-0.05, 0) is 42.1 Å². The minimum atomic E-state index is -0.824. The number of carbonyl (C=O) groups excluding carboxylic acids is 3. The topological polar surface area (TPSA) is 109 Å². The van der Waals surface area contributed by atoms with Crippen molar-refractivity contribution in [3.05, 3.63) is 46.3 Å². The van der Waals surface area contributed by atoms with Gasteiger partial charge in [-0.2, -0.15) is 0 Å². The number of anilines is 2. The van der Waals surface area contributed by atoms with Crippen LogP contribution in [0, 0.1) is 0 Å². The van der Waals surface area contributed by atoms with Crippen molar-refractivity contribution in [2.45, 2.75) is 13.5 Å². The van der Waals surface area contributed by atoms with Crippen LogP contribution in [0.3, 0.4) is 0 Å². The van der Waals surface area contributed by atoms with Crippen LogP contribution in [-0.2, 0) is 11.3 Å². The summed E-state index contributed by atoms with van der Waals surface area (Å²) in [5.74, 6) is -0.959. The number of nitrogens with one attached hydrogen (secondary N) is 4. The first-order valence-corrected chi connectivity index (χ1v) is 8.45. The fourth-order valence-corrected chi connectivity index (χ4v) is 3.10. The summed E-state index contributed by atoms with van der Waals surface area (Å²) in [6.07, 6.45) is -0.824. The smallest absolute Gasteiger partial charge is 0.414 e. The van der Waals surface area contributed by atoms with E-state index < -0.39 is 12.0 Å². The molecule has 0 saturated carbocycles. The Labute approximate surface area is 147 Å². The van der Waals surface area contributed by atoms with Crippen molar-refractivity contribution in [3.63, 3.8) is 0 Å². The van der Waals surface area contributed by atoms with Crippen molar-refractivity contribution in [1.29, 1.82) is 0 Å². The van der Waals surface area contributed by atoms with Crippen LogP contribution in [0.5, 0.6) is 0 Å². The van der Waals surface area contributed by atoms with E-state index in [4.69, 9.17) is 0 Å². The lowest BCUT2D eigenvalue weighted by Crippen LogP contribution is -2.31. The highest BCUT2D eigenvalue weighted by atomic mass is 32.1. The van der Waals surface area contributed by atoms with Gasteiger partial charge in [-0.1, -0.05) is 0 Å².